The zero-order valence-corrected chi connectivity index (χ0v) is 32.5. The minimum absolute atomic E-state index is 0.0278. The first-order valence-electron chi connectivity index (χ1n) is 18.9. The highest BCUT2D eigenvalue weighted by Gasteiger charge is 2.57. The minimum Gasteiger partial charge on any atom is -0.481 e. The monoisotopic (exact) mass is 743 g/mol. The quantitative estimate of drug-likeness (QED) is 0.151. The molecule has 1 aromatic heterocycles. The molecule has 1 aliphatic carbocycles. The first-order chi connectivity index (χ1) is 24.6. The van der Waals surface area contributed by atoms with Crippen LogP contribution in [-0.4, -0.2) is 92.5 Å². The number of likely N-dealkylation sites (tertiary alicyclic amines) is 1. The van der Waals surface area contributed by atoms with Gasteiger partial charge in [-0.1, -0.05) is 66.5 Å². The molecule has 8 atom stereocenters. The third-order valence-electron chi connectivity index (χ3n) is 11.1. The van der Waals surface area contributed by atoms with E-state index in [1.54, 1.807) is 24.4 Å². The van der Waals surface area contributed by atoms with Gasteiger partial charge in [0.1, 0.15) is 28.7 Å². The number of nitrogens with one attached hydrogen (secondary N) is 2. The van der Waals surface area contributed by atoms with E-state index in [1.807, 2.05) is 46.6 Å². The van der Waals surface area contributed by atoms with E-state index in [-0.39, 0.29) is 66.0 Å². The van der Waals surface area contributed by atoms with Crippen LogP contribution in [0.15, 0.2) is 29.6 Å². The Bertz CT molecular complexity index is 1540. The largest absolute Gasteiger partial charge is 0.481 e. The number of carboxylic acid groups (broad SMARTS) is 1. The lowest BCUT2D eigenvalue weighted by atomic mass is 9.92. The van der Waals surface area contributed by atoms with Crippen LogP contribution in [0.3, 0.4) is 0 Å². The number of rotatable bonds is 18. The number of amides is 3. The van der Waals surface area contributed by atoms with Gasteiger partial charge in [-0.2, -0.15) is 0 Å². The molecule has 1 aliphatic heterocycles. The SMILES string of the molecule is CCCN(C(=O)C(NC(=O)C1CCCCN1C)C(C)CC)C(C[C@@H](O)c1nc(C(=O)N[C@@]2(C[C@H](C)C(=O)O)CC2c2ccc(F)cc2)cs1)C(C)C. The number of hydrogen-bond donors (Lipinski definition) is 4. The summed E-state index contributed by atoms with van der Waals surface area (Å²) >= 11 is 1.15. The lowest BCUT2D eigenvalue weighted by molar-refractivity contribution is -0.143. The van der Waals surface area contributed by atoms with Crippen LogP contribution in [0.5, 0.6) is 0 Å². The number of carbonyl (C=O) groups excluding carboxylic acids is 3. The van der Waals surface area contributed by atoms with Crippen molar-refractivity contribution in [3.8, 4) is 0 Å². The highest BCUT2D eigenvalue weighted by Crippen LogP contribution is 2.55. The zero-order valence-electron chi connectivity index (χ0n) is 31.7. The van der Waals surface area contributed by atoms with Gasteiger partial charge in [-0.3, -0.25) is 24.1 Å². The molecular weight excluding hydrogens is 686 g/mol. The Morgan fingerprint density at radius 3 is 2.40 bits per heavy atom. The molecule has 3 amide bonds. The fourth-order valence-corrected chi connectivity index (χ4v) is 8.40. The van der Waals surface area contributed by atoms with Crippen LogP contribution in [0.2, 0.25) is 0 Å². The number of aliphatic hydroxyl groups excluding tert-OH is 1. The molecule has 11 nitrogen and oxygen atoms in total. The minimum atomic E-state index is -1.06. The van der Waals surface area contributed by atoms with E-state index in [4.69, 9.17) is 0 Å². The molecule has 2 fully saturated rings. The number of aliphatic hydroxyl groups is 1. The predicted molar refractivity (Wildman–Crippen MR) is 199 cm³/mol. The van der Waals surface area contributed by atoms with Crippen LogP contribution in [0.25, 0.3) is 0 Å². The Morgan fingerprint density at radius 2 is 1.81 bits per heavy atom. The van der Waals surface area contributed by atoms with E-state index >= 15 is 0 Å². The van der Waals surface area contributed by atoms with Crippen LogP contribution >= 0.6 is 11.3 Å². The van der Waals surface area contributed by atoms with Crippen molar-refractivity contribution in [2.75, 3.05) is 20.1 Å². The molecule has 0 bridgehead atoms. The van der Waals surface area contributed by atoms with Crippen LogP contribution in [0, 0.1) is 23.6 Å². The molecule has 288 valence electrons. The maximum Gasteiger partial charge on any atom is 0.306 e. The summed E-state index contributed by atoms with van der Waals surface area (Å²) in [5.41, 5.74) is 0.101. The Kier molecular flexibility index (Phi) is 14.4. The smallest absolute Gasteiger partial charge is 0.306 e. The molecule has 13 heteroatoms. The molecule has 2 aromatic rings. The Balaban J connectivity index is 1.50. The maximum atomic E-state index is 14.4. The first-order valence-corrected chi connectivity index (χ1v) is 19.8. The summed E-state index contributed by atoms with van der Waals surface area (Å²) in [5, 5.41) is 29.2. The molecule has 0 radical (unpaired) electrons. The molecule has 2 heterocycles. The zero-order chi connectivity index (χ0) is 38.3. The Labute approximate surface area is 311 Å². The number of likely N-dealkylation sites (N-methyl/N-ethyl adjacent to an activating group) is 1. The summed E-state index contributed by atoms with van der Waals surface area (Å²) in [4.78, 5) is 61.6. The van der Waals surface area contributed by atoms with E-state index in [1.165, 1.54) is 12.1 Å². The highest BCUT2D eigenvalue weighted by molar-refractivity contribution is 7.09. The number of carboxylic acids is 1. The normalized spacial score (nSPS) is 23.3. The van der Waals surface area contributed by atoms with Crippen molar-refractivity contribution in [3.05, 3.63) is 51.7 Å². The van der Waals surface area contributed by atoms with Gasteiger partial charge in [-0.25, -0.2) is 9.37 Å². The predicted octanol–water partition coefficient (Wildman–Crippen LogP) is 5.75. The van der Waals surface area contributed by atoms with Crippen molar-refractivity contribution in [3.63, 3.8) is 0 Å². The fraction of sp³-hybridized carbons (Fsp3) is 0.667. The average Bonchev–Trinajstić information content (AvgIpc) is 3.55. The lowest BCUT2D eigenvalue weighted by Gasteiger charge is -2.39. The van der Waals surface area contributed by atoms with Crippen molar-refractivity contribution in [2.45, 2.75) is 129 Å². The van der Waals surface area contributed by atoms with Gasteiger partial charge in [0.15, 0.2) is 0 Å². The van der Waals surface area contributed by atoms with Crippen LogP contribution in [0.1, 0.15) is 126 Å². The number of piperidine rings is 1. The van der Waals surface area contributed by atoms with E-state index in [0.29, 0.717) is 30.8 Å². The van der Waals surface area contributed by atoms with E-state index in [0.717, 1.165) is 42.7 Å². The van der Waals surface area contributed by atoms with Gasteiger partial charge in [-0.05, 0) is 75.2 Å². The maximum absolute atomic E-state index is 14.4. The molecule has 2 aliphatic rings. The van der Waals surface area contributed by atoms with Gasteiger partial charge < -0.3 is 25.7 Å². The van der Waals surface area contributed by atoms with E-state index in [9.17, 15) is 33.8 Å². The van der Waals surface area contributed by atoms with Gasteiger partial charge >= 0.3 is 5.97 Å². The summed E-state index contributed by atoms with van der Waals surface area (Å²) in [6, 6.07) is 4.68. The van der Waals surface area contributed by atoms with Crippen LogP contribution in [-0.2, 0) is 14.4 Å². The van der Waals surface area contributed by atoms with Gasteiger partial charge in [0.2, 0.25) is 11.8 Å². The van der Waals surface area contributed by atoms with Gasteiger partial charge in [0.05, 0.1) is 12.0 Å². The third kappa shape index (κ3) is 9.96. The van der Waals surface area contributed by atoms with E-state index < -0.39 is 35.5 Å². The molecule has 1 saturated heterocycles. The number of hydrogen-bond acceptors (Lipinski definition) is 8. The number of benzene rings is 1. The second-order valence-corrected chi connectivity index (χ2v) is 16.3. The summed E-state index contributed by atoms with van der Waals surface area (Å²) in [6.45, 7) is 12.9. The number of aliphatic carboxylic acids is 1. The summed E-state index contributed by atoms with van der Waals surface area (Å²) in [7, 11) is 1.95. The van der Waals surface area contributed by atoms with Crippen molar-refractivity contribution in [2.24, 2.45) is 17.8 Å². The fourth-order valence-electron chi connectivity index (χ4n) is 7.61. The van der Waals surface area contributed by atoms with Gasteiger partial charge in [0.25, 0.3) is 5.91 Å². The van der Waals surface area contributed by atoms with Gasteiger partial charge in [0, 0.05) is 35.8 Å². The highest BCUT2D eigenvalue weighted by atomic mass is 32.1. The number of carbonyl (C=O) groups is 4. The van der Waals surface area contributed by atoms with E-state index in [2.05, 4.69) is 20.5 Å². The average molecular weight is 744 g/mol. The molecule has 1 saturated carbocycles. The number of thiazole rings is 1. The molecule has 52 heavy (non-hydrogen) atoms. The molecule has 4 rings (SSSR count). The number of halogens is 1. The summed E-state index contributed by atoms with van der Waals surface area (Å²) in [5.74, 6) is -3.13. The second-order valence-electron chi connectivity index (χ2n) is 15.4. The Morgan fingerprint density at radius 1 is 1.12 bits per heavy atom. The number of aromatic nitrogens is 1. The molecule has 5 unspecified atom stereocenters. The standard InChI is InChI=1S/C39H58FN5O6S/c1-8-17-45(37(49)33(24(5)9-2)42-35(48)30-12-10-11-18-44(30)7)31(23(3)4)19-32(46)36-41-29(22-52-36)34(47)43-39(20-25(6)38(50)51)21-28(39)26-13-15-27(40)16-14-26/h13-16,22-25,28,30-33,46H,8-12,17-21H2,1-7H3,(H,42,48)(H,43,47)(H,50,51)/t24?,25-,28?,30?,31?,32+,33?,39-/m0/s1. The number of nitrogens with zero attached hydrogens (tertiary/aromatic N) is 3. The van der Waals surface area contributed by atoms with Crippen molar-refractivity contribution >= 4 is 35.0 Å². The molecular formula is C39H58FN5O6S. The van der Waals surface area contributed by atoms with Crippen LogP contribution < -0.4 is 10.6 Å². The third-order valence-corrected chi connectivity index (χ3v) is 12.0. The van der Waals surface area contributed by atoms with Gasteiger partial charge in [-0.15, -0.1) is 11.3 Å². The summed E-state index contributed by atoms with van der Waals surface area (Å²) < 4.78 is 13.6. The molecule has 1 aromatic carbocycles. The van der Waals surface area contributed by atoms with Crippen molar-refractivity contribution in [1.29, 1.82) is 0 Å². The molecule has 4 N–H and O–H groups in total. The van der Waals surface area contributed by atoms with Crippen molar-refractivity contribution < 1.29 is 33.8 Å². The Hall–Kier alpha value is -3.42. The van der Waals surface area contributed by atoms with Crippen molar-refractivity contribution in [1.82, 2.24) is 25.4 Å². The molecule has 0 spiro atoms. The lowest BCUT2D eigenvalue weighted by Crippen LogP contribution is -2.58. The topological polar surface area (TPSA) is 152 Å². The summed E-state index contributed by atoms with van der Waals surface area (Å²) in [6.07, 6.45) is 4.01. The first kappa shape index (κ1) is 41.3. The second kappa shape index (κ2) is 18.1. The van der Waals surface area contributed by atoms with Crippen LogP contribution in [0.4, 0.5) is 4.39 Å².